The summed E-state index contributed by atoms with van der Waals surface area (Å²) in [5.74, 6) is -0.797. The van der Waals surface area contributed by atoms with Crippen molar-refractivity contribution in [1.29, 1.82) is 0 Å². The van der Waals surface area contributed by atoms with Crippen LogP contribution in [0.2, 0.25) is 0 Å². The molecule has 0 spiro atoms. The van der Waals surface area contributed by atoms with E-state index in [2.05, 4.69) is 10.3 Å². The molecule has 2 unspecified atom stereocenters. The van der Waals surface area contributed by atoms with E-state index in [0.29, 0.717) is 17.4 Å². The molecule has 0 aliphatic heterocycles. The van der Waals surface area contributed by atoms with Crippen molar-refractivity contribution in [3.63, 3.8) is 0 Å². The quantitative estimate of drug-likeness (QED) is 0.357. The van der Waals surface area contributed by atoms with Gasteiger partial charge in [-0.3, -0.25) is 9.78 Å². The Labute approximate surface area is 176 Å². The van der Waals surface area contributed by atoms with Gasteiger partial charge in [-0.1, -0.05) is 42.5 Å². The number of aromatic nitrogens is 1. The number of fused-ring (bicyclic) bond motifs is 1. The summed E-state index contributed by atoms with van der Waals surface area (Å²) in [7, 11) is 0. The van der Waals surface area contributed by atoms with E-state index in [4.69, 9.17) is 0 Å². The number of para-hydroxylation sites is 1. The Hall–Kier alpha value is -2.09. The molecule has 6 heteroatoms. The first kappa shape index (κ1) is 20.6. The normalized spacial score (nSPS) is 15.6. The zero-order valence-electron chi connectivity index (χ0n) is 15.7. The van der Waals surface area contributed by atoms with Crippen LogP contribution in [0.1, 0.15) is 36.2 Å². The number of amides is 1. The monoisotopic (exact) mass is 494 g/mol. The molecule has 0 aliphatic rings. The second kappa shape index (κ2) is 8.11. The van der Waals surface area contributed by atoms with Crippen molar-refractivity contribution in [2.24, 2.45) is 0 Å². The average Bonchev–Trinajstić information content (AvgIpc) is 2.60. The molecular weight excluding hydrogens is 473 g/mol. The van der Waals surface area contributed by atoms with Gasteiger partial charge in [0.1, 0.15) is 11.3 Å². The average molecular weight is 494 g/mol. The number of carbonyl (C=O) groups is 1. The minimum absolute atomic E-state index is 0.136. The highest BCUT2D eigenvalue weighted by Gasteiger charge is 2.35. The van der Waals surface area contributed by atoms with Gasteiger partial charge in [0.25, 0.3) is 5.91 Å². The molecule has 1 heterocycles. The zero-order chi connectivity index (χ0) is 20.4. The number of hydrogen-bond donors (Lipinski definition) is 1. The third kappa shape index (κ3) is 5.25. The maximum atomic E-state index is 14.5. The van der Waals surface area contributed by atoms with Crippen molar-refractivity contribution in [3.05, 3.63) is 77.7 Å². The third-order valence-electron chi connectivity index (χ3n) is 4.48. The highest BCUT2D eigenvalue weighted by Crippen LogP contribution is 2.32. The number of benzene rings is 2. The number of carbonyl (C=O) groups excluding carboxylic acids is 1. The fraction of sp³-hybridized carbons (Fsp3) is 0.273. The van der Waals surface area contributed by atoms with Gasteiger partial charge in [-0.25, -0.2) is 8.78 Å². The topological polar surface area (TPSA) is 42.0 Å². The summed E-state index contributed by atoms with van der Waals surface area (Å²) in [5, 5.41) is 3.52. The summed E-state index contributed by atoms with van der Waals surface area (Å²) >= 11 is 1.75. The summed E-state index contributed by atoms with van der Waals surface area (Å²) in [4.78, 5) is 17.0. The van der Waals surface area contributed by atoms with Crippen LogP contribution in [0.5, 0.6) is 0 Å². The van der Waals surface area contributed by atoms with Crippen molar-refractivity contribution < 1.29 is 13.6 Å². The molecule has 1 aromatic heterocycles. The van der Waals surface area contributed by atoms with Crippen molar-refractivity contribution in [3.8, 4) is 0 Å². The van der Waals surface area contributed by atoms with Gasteiger partial charge in [0, 0.05) is 23.5 Å². The Balaban J connectivity index is 1.88. The lowest BCUT2D eigenvalue weighted by Crippen LogP contribution is -2.50. The molecule has 1 N–H and O–H groups in total. The third-order valence-corrected chi connectivity index (χ3v) is 4.86. The van der Waals surface area contributed by atoms with Crippen molar-refractivity contribution in [2.45, 2.75) is 35.9 Å². The number of halogens is 3. The summed E-state index contributed by atoms with van der Waals surface area (Å²) < 4.78 is 26.8. The van der Waals surface area contributed by atoms with E-state index in [1.165, 1.54) is 19.2 Å². The Kier molecular flexibility index (Phi) is 5.98. The Morgan fingerprint density at radius 2 is 1.86 bits per heavy atom. The first-order chi connectivity index (χ1) is 13.2. The Morgan fingerprint density at radius 3 is 2.54 bits per heavy atom. The largest absolute Gasteiger partial charge is 0.346 e. The van der Waals surface area contributed by atoms with Gasteiger partial charge in [0.15, 0.2) is 3.68 Å². The fourth-order valence-electron chi connectivity index (χ4n) is 3.48. The predicted octanol–water partition coefficient (Wildman–Crippen LogP) is 5.62. The van der Waals surface area contributed by atoms with E-state index < -0.39 is 15.0 Å². The SMILES string of the molecule is CC(F)(I)CC(C)(Cc1ccccc1)NC(=O)c1cnc2c(F)cccc2c1. The van der Waals surface area contributed by atoms with Gasteiger partial charge >= 0.3 is 0 Å². The molecule has 0 saturated carbocycles. The zero-order valence-corrected chi connectivity index (χ0v) is 17.8. The van der Waals surface area contributed by atoms with Crippen LogP contribution in [-0.4, -0.2) is 20.1 Å². The summed E-state index contributed by atoms with van der Waals surface area (Å²) in [6.07, 6.45) is 1.97. The number of rotatable bonds is 6. The second-order valence-corrected chi connectivity index (χ2v) is 9.71. The maximum absolute atomic E-state index is 14.5. The second-order valence-electron chi connectivity index (χ2n) is 7.46. The lowest BCUT2D eigenvalue weighted by atomic mass is 9.87. The van der Waals surface area contributed by atoms with Crippen LogP contribution < -0.4 is 5.32 Å². The number of pyridine rings is 1. The van der Waals surface area contributed by atoms with Gasteiger partial charge in [0.05, 0.1) is 5.56 Å². The van der Waals surface area contributed by atoms with E-state index in [-0.39, 0.29) is 17.8 Å². The molecule has 0 saturated heterocycles. The van der Waals surface area contributed by atoms with Crippen LogP contribution in [-0.2, 0) is 6.42 Å². The molecule has 3 nitrogen and oxygen atoms in total. The first-order valence-electron chi connectivity index (χ1n) is 8.94. The van der Waals surface area contributed by atoms with E-state index >= 15 is 0 Å². The highest BCUT2D eigenvalue weighted by atomic mass is 127. The van der Waals surface area contributed by atoms with Crippen molar-refractivity contribution >= 4 is 39.4 Å². The van der Waals surface area contributed by atoms with Crippen LogP contribution in [0.15, 0.2) is 60.8 Å². The van der Waals surface area contributed by atoms with Crippen LogP contribution in [0, 0.1) is 5.82 Å². The molecule has 28 heavy (non-hydrogen) atoms. The number of nitrogens with zero attached hydrogens (tertiary/aromatic N) is 1. The van der Waals surface area contributed by atoms with Gasteiger partial charge in [-0.05, 0) is 60.6 Å². The van der Waals surface area contributed by atoms with E-state index in [9.17, 15) is 13.6 Å². The molecule has 2 aromatic carbocycles. The first-order valence-corrected chi connectivity index (χ1v) is 10.0. The van der Waals surface area contributed by atoms with Crippen molar-refractivity contribution in [1.82, 2.24) is 10.3 Å². The fourth-order valence-corrected chi connectivity index (χ4v) is 4.32. The van der Waals surface area contributed by atoms with Crippen molar-refractivity contribution in [2.75, 3.05) is 0 Å². The van der Waals surface area contributed by atoms with Gasteiger partial charge in [0.2, 0.25) is 0 Å². The van der Waals surface area contributed by atoms with E-state index in [1.807, 2.05) is 37.3 Å². The Morgan fingerprint density at radius 1 is 1.14 bits per heavy atom. The lowest BCUT2D eigenvalue weighted by Gasteiger charge is -2.34. The smallest absolute Gasteiger partial charge is 0.253 e. The molecule has 0 fully saturated rings. The number of alkyl halides is 2. The van der Waals surface area contributed by atoms with Crippen LogP contribution in [0.25, 0.3) is 10.9 Å². The number of nitrogens with one attached hydrogen (secondary N) is 1. The summed E-state index contributed by atoms with van der Waals surface area (Å²) in [6.45, 7) is 3.33. The Bertz CT molecular complexity index is 989. The standard InChI is InChI=1S/C22H21F2IN2O/c1-21(14-22(2,24)25,12-15-7-4-3-5-8-15)27-20(28)17-11-16-9-6-10-18(23)19(16)26-13-17/h3-11,13H,12,14H2,1-2H3,(H,27,28). The molecule has 146 valence electrons. The summed E-state index contributed by atoms with van der Waals surface area (Å²) in [6, 6.07) is 15.9. The molecule has 3 aromatic rings. The maximum Gasteiger partial charge on any atom is 0.253 e. The van der Waals surface area contributed by atoms with E-state index in [0.717, 1.165) is 5.56 Å². The van der Waals surface area contributed by atoms with Gasteiger partial charge < -0.3 is 5.32 Å². The lowest BCUT2D eigenvalue weighted by molar-refractivity contribution is 0.0883. The van der Waals surface area contributed by atoms with Crippen LogP contribution in [0.3, 0.4) is 0 Å². The molecule has 2 atom stereocenters. The predicted molar refractivity (Wildman–Crippen MR) is 116 cm³/mol. The van der Waals surface area contributed by atoms with Gasteiger partial charge in [-0.15, -0.1) is 0 Å². The van der Waals surface area contributed by atoms with E-state index in [1.54, 1.807) is 40.8 Å². The highest BCUT2D eigenvalue weighted by molar-refractivity contribution is 14.1. The minimum atomic E-state index is -1.49. The molecule has 3 rings (SSSR count). The van der Waals surface area contributed by atoms with Crippen LogP contribution >= 0.6 is 22.6 Å². The van der Waals surface area contributed by atoms with Crippen LogP contribution in [0.4, 0.5) is 8.78 Å². The summed E-state index contributed by atoms with van der Waals surface area (Å²) in [5.41, 5.74) is 0.728. The van der Waals surface area contributed by atoms with Gasteiger partial charge in [-0.2, -0.15) is 0 Å². The minimum Gasteiger partial charge on any atom is -0.346 e. The molecular formula is C22H21F2IN2O. The molecule has 0 aliphatic carbocycles. The molecule has 0 bridgehead atoms. The molecule has 1 amide bonds. The number of hydrogen-bond acceptors (Lipinski definition) is 2. The molecule has 0 radical (unpaired) electrons.